The van der Waals surface area contributed by atoms with Gasteiger partial charge in [0.05, 0.1) is 38.3 Å². The van der Waals surface area contributed by atoms with Gasteiger partial charge in [-0.25, -0.2) is 32.3 Å². The number of hydrogen-bond acceptors (Lipinski definition) is 7. The van der Waals surface area contributed by atoms with E-state index in [0.29, 0.717) is 31.5 Å². The number of likely N-dealkylation sites (tertiary alicyclic amines) is 1. The van der Waals surface area contributed by atoms with Gasteiger partial charge in [0.2, 0.25) is 0 Å². The van der Waals surface area contributed by atoms with Crippen LogP contribution in [0, 0.1) is 5.82 Å². The summed E-state index contributed by atoms with van der Waals surface area (Å²) in [5, 5.41) is 0. The van der Waals surface area contributed by atoms with E-state index in [1.807, 2.05) is 6.92 Å². The molecule has 1 aromatic heterocycles. The molecule has 1 amide bonds. The number of nitrogens with zero attached hydrogens (tertiary/aromatic N) is 3. The largest absolute Gasteiger partial charge is 0.511 e. The first-order chi connectivity index (χ1) is 15.8. The third kappa shape index (κ3) is 5.60. The standard InChI is InChI=1S/C20H28F4N4O5S/c1-12-8-15(27-34(30,31)20(22,23)24)16(28(12)18(29)32-3)11-33-14-4-6-19(2,7-5-14)17-25-9-13(21)10-26-17/h9-10,12,14-16,27H,4-8,11H2,1-3H3/t12-,14-,15+,16+,19+/m1/s1. The van der Waals surface area contributed by atoms with Crippen molar-refractivity contribution in [2.45, 2.75) is 81.1 Å². The summed E-state index contributed by atoms with van der Waals surface area (Å²) in [6.45, 7) is 3.40. The Hall–Kier alpha value is -2.06. The highest BCUT2D eigenvalue weighted by Gasteiger charge is 2.51. The Kier molecular flexibility index (Phi) is 7.73. The van der Waals surface area contributed by atoms with E-state index in [9.17, 15) is 30.8 Å². The van der Waals surface area contributed by atoms with Crippen LogP contribution >= 0.6 is 0 Å². The van der Waals surface area contributed by atoms with Gasteiger partial charge in [-0.3, -0.25) is 4.90 Å². The van der Waals surface area contributed by atoms with Crippen molar-refractivity contribution in [2.24, 2.45) is 0 Å². The van der Waals surface area contributed by atoms with Gasteiger partial charge in [0.1, 0.15) is 5.82 Å². The average molecular weight is 513 g/mol. The molecule has 0 radical (unpaired) electrons. The summed E-state index contributed by atoms with van der Waals surface area (Å²) in [5.74, 6) is -0.00326. The maximum Gasteiger partial charge on any atom is 0.511 e. The molecule has 1 saturated carbocycles. The highest BCUT2D eigenvalue weighted by molar-refractivity contribution is 7.90. The Morgan fingerprint density at radius 3 is 2.38 bits per heavy atom. The summed E-state index contributed by atoms with van der Waals surface area (Å²) in [7, 11) is -4.47. The van der Waals surface area contributed by atoms with Crippen LogP contribution in [0.4, 0.5) is 22.4 Å². The van der Waals surface area contributed by atoms with Crippen LogP contribution in [0.25, 0.3) is 0 Å². The summed E-state index contributed by atoms with van der Waals surface area (Å²) < 4.78 is 87.7. The lowest BCUT2D eigenvalue weighted by Gasteiger charge is -2.37. The molecule has 2 fully saturated rings. The van der Waals surface area contributed by atoms with Gasteiger partial charge in [-0.2, -0.15) is 13.2 Å². The van der Waals surface area contributed by atoms with Gasteiger partial charge in [-0.1, -0.05) is 6.92 Å². The normalized spacial score (nSPS) is 30.4. The van der Waals surface area contributed by atoms with Gasteiger partial charge < -0.3 is 9.47 Å². The number of rotatable bonds is 6. The van der Waals surface area contributed by atoms with E-state index in [4.69, 9.17) is 9.47 Å². The number of amides is 1. The first-order valence-corrected chi connectivity index (χ1v) is 12.3. The van der Waals surface area contributed by atoms with Gasteiger partial charge >= 0.3 is 21.6 Å². The molecule has 0 bridgehead atoms. The first-order valence-electron chi connectivity index (χ1n) is 10.8. The second kappa shape index (κ2) is 9.90. The summed E-state index contributed by atoms with van der Waals surface area (Å²) in [4.78, 5) is 21.6. The van der Waals surface area contributed by atoms with E-state index in [-0.39, 0.29) is 24.5 Å². The summed E-state index contributed by atoms with van der Waals surface area (Å²) >= 11 is 0. The molecule has 9 nitrogen and oxygen atoms in total. The van der Waals surface area contributed by atoms with Crippen LogP contribution in [0.15, 0.2) is 12.4 Å². The maximum atomic E-state index is 13.1. The fourth-order valence-electron chi connectivity index (χ4n) is 4.65. The molecule has 3 atom stereocenters. The Labute approximate surface area is 195 Å². The molecule has 3 rings (SSSR count). The number of ether oxygens (including phenoxy) is 2. The topological polar surface area (TPSA) is 111 Å². The third-order valence-electron chi connectivity index (χ3n) is 6.59. The number of aromatic nitrogens is 2. The maximum absolute atomic E-state index is 13.1. The highest BCUT2D eigenvalue weighted by Crippen LogP contribution is 2.38. The molecule has 34 heavy (non-hydrogen) atoms. The molecule has 2 aliphatic rings. The third-order valence-corrected chi connectivity index (χ3v) is 7.81. The van der Waals surface area contributed by atoms with Crippen LogP contribution in [0.5, 0.6) is 0 Å². The van der Waals surface area contributed by atoms with Crippen molar-refractivity contribution in [1.82, 2.24) is 19.6 Å². The van der Waals surface area contributed by atoms with E-state index in [0.717, 1.165) is 19.5 Å². The molecule has 1 N–H and O–H groups in total. The van der Waals surface area contributed by atoms with Gasteiger partial charge in [-0.05, 0) is 39.0 Å². The molecule has 14 heteroatoms. The lowest BCUT2D eigenvalue weighted by Crippen LogP contribution is -2.52. The van der Waals surface area contributed by atoms with E-state index in [1.165, 1.54) is 4.90 Å². The lowest BCUT2D eigenvalue weighted by atomic mass is 9.74. The van der Waals surface area contributed by atoms with Crippen molar-refractivity contribution in [3.63, 3.8) is 0 Å². The molecule has 1 aliphatic carbocycles. The fourth-order valence-corrected chi connectivity index (χ4v) is 5.43. The SMILES string of the molecule is COC(=O)N1[C@H](C)C[C@H](NS(=O)(=O)C(F)(F)F)[C@@H]1CO[C@H]1CC[C@@](C)(c2ncc(F)cn2)CC1. The molecule has 2 heterocycles. The van der Waals surface area contributed by atoms with Crippen molar-refractivity contribution in [3.8, 4) is 0 Å². The molecule has 1 saturated heterocycles. The minimum atomic E-state index is -5.61. The van der Waals surface area contributed by atoms with Crippen LogP contribution in [-0.4, -0.2) is 72.8 Å². The molecular formula is C20H28F4N4O5S. The van der Waals surface area contributed by atoms with Crippen molar-refractivity contribution < 1.29 is 40.2 Å². The Morgan fingerprint density at radius 1 is 1.26 bits per heavy atom. The monoisotopic (exact) mass is 512 g/mol. The van der Waals surface area contributed by atoms with Gasteiger partial charge in [0.15, 0.2) is 5.82 Å². The minimum absolute atomic E-state index is 0.0247. The lowest BCUT2D eigenvalue weighted by molar-refractivity contribution is -0.0457. The number of carbonyl (C=O) groups excluding carboxylic acids is 1. The van der Waals surface area contributed by atoms with Crippen molar-refractivity contribution in [2.75, 3.05) is 13.7 Å². The number of sulfonamides is 1. The van der Waals surface area contributed by atoms with Crippen molar-refractivity contribution >= 4 is 16.1 Å². The number of nitrogens with one attached hydrogen (secondary N) is 1. The Bertz CT molecular complexity index is 968. The Morgan fingerprint density at radius 2 is 1.85 bits per heavy atom. The van der Waals surface area contributed by atoms with Crippen LogP contribution in [0.2, 0.25) is 0 Å². The molecule has 0 unspecified atom stereocenters. The van der Waals surface area contributed by atoms with E-state index >= 15 is 0 Å². The smallest absolute Gasteiger partial charge is 0.453 e. The van der Waals surface area contributed by atoms with Gasteiger partial charge in [0.25, 0.3) is 0 Å². The zero-order valence-corrected chi connectivity index (χ0v) is 19.8. The van der Waals surface area contributed by atoms with Crippen molar-refractivity contribution in [3.05, 3.63) is 24.0 Å². The quantitative estimate of drug-likeness (QED) is 0.584. The second-order valence-corrected chi connectivity index (χ2v) is 10.7. The van der Waals surface area contributed by atoms with Gasteiger partial charge in [-0.15, -0.1) is 0 Å². The number of hydrogen-bond donors (Lipinski definition) is 1. The Balaban J connectivity index is 1.67. The zero-order valence-electron chi connectivity index (χ0n) is 19.0. The highest BCUT2D eigenvalue weighted by atomic mass is 32.2. The first kappa shape index (κ1) is 26.5. The predicted octanol–water partition coefficient (Wildman–Crippen LogP) is 2.87. The van der Waals surface area contributed by atoms with Crippen LogP contribution in [-0.2, 0) is 24.9 Å². The fraction of sp³-hybridized carbons (Fsp3) is 0.750. The van der Waals surface area contributed by atoms with Crippen LogP contribution in [0.1, 0.15) is 51.8 Å². The molecule has 0 spiro atoms. The summed E-state index contributed by atoms with van der Waals surface area (Å²) in [5.41, 5.74) is -5.85. The molecule has 192 valence electrons. The summed E-state index contributed by atoms with van der Waals surface area (Å²) in [6, 6.07) is -2.73. The number of methoxy groups -OCH3 is 1. The molecular weight excluding hydrogens is 484 g/mol. The molecule has 0 aromatic carbocycles. The predicted molar refractivity (Wildman–Crippen MR) is 112 cm³/mol. The number of carbonyl (C=O) groups is 1. The number of alkyl halides is 3. The van der Waals surface area contributed by atoms with Crippen LogP contribution < -0.4 is 4.72 Å². The van der Waals surface area contributed by atoms with Crippen molar-refractivity contribution in [1.29, 1.82) is 0 Å². The number of halogens is 4. The van der Waals surface area contributed by atoms with Gasteiger partial charge in [0, 0.05) is 17.5 Å². The van der Waals surface area contributed by atoms with E-state index in [2.05, 4.69) is 9.97 Å². The molecule has 1 aromatic rings. The second-order valence-electron chi connectivity index (χ2n) is 9.02. The minimum Gasteiger partial charge on any atom is -0.453 e. The van der Waals surface area contributed by atoms with E-state index < -0.39 is 45.6 Å². The van der Waals surface area contributed by atoms with Crippen LogP contribution in [0.3, 0.4) is 0 Å². The summed E-state index contributed by atoms with van der Waals surface area (Å²) in [6.07, 6.45) is 3.59. The van der Waals surface area contributed by atoms with E-state index in [1.54, 1.807) is 11.6 Å². The zero-order chi connectivity index (χ0) is 25.3. The molecule has 1 aliphatic heterocycles. The average Bonchev–Trinajstić information content (AvgIpc) is 3.06.